The van der Waals surface area contributed by atoms with Crippen LogP contribution in [0.25, 0.3) is 10.8 Å². The molecule has 4 aromatic carbocycles. The summed E-state index contributed by atoms with van der Waals surface area (Å²) < 4.78 is 11.5. The maximum absolute atomic E-state index is 10.3. The molecule has 4 heteroatoms. The molecule has 0 radical (unpaired) electrons. The average Bonchev–Trinajstić information content (AvgIpc) is 2.82. The maximum Gasteiger partial charge on any atom is 0.120 e. The number of aliphatic hydroxyl groups excluding tert-OH is 2. The second-order valence-electron chi connectivity index (χ2n) is 7.15. The van der Waals surface area contributed by atoms with E-state index in [1.165, 1.54) is 0 Å². The summed E-state index contributed by atoms with van der Waals surface area (Å²) in [4.78, 5) is 0. The largest absolute Gasteiger partial charge is 0.491 e. The van der Waals surface area contributed by atoms with E-state index in [4.69, 9.17) is 9.47 Å². The van der Waals surface area contributed by atoms with Gasteiger partial charge in [-0.2, -0.15) is 0 Å². The highest BCUT2D eigenvalue weighted by Gasteiger charge is 2.10. The zero-order chi connectivity index (χ0) is 20.8. The third kappa shape index (κ3) is 4.98. The summed E-state index contributed by atoms with van der Waals surface area (Å²) in [7, 11) is 0. The molecule has 0 aliphatic rings. The van der Waals surface area contributed by atoms with Crippen LogP contribution in [0.1, 0.15) is 23.3 Å². The summed E-state index contributed by atoms with van der Waals surface area (Å²) in [5, 5.41) is 22.5. The average molecular weight is 400 g/mol. The third-order valence-electron chi connectivity index (χ3n) is 4.97. The second-order valence-corrected chi connectivity index (χ2v) is 7.15. The summed E-state index contributed by atoms with van der Waals surface area (Å²) in [6.07, 6.45) is -1.34. The predicted octanol–water partition coefficient (Wildman–Crippen LogP) is 5.06. The van der Waals surface area contributed by atoms with Crippen molar-refractivity contribution in [3.05, 3.63) is 108 Å². The lowest BCUT2D eigenvalue weighted by Crippen LogP contribution is -2.09. The molecule has 0 amide bonds. The Kier molecular flexibility index (Phi) is 6.28. The Hall–Kier alpha value is -3.34. The maximum atomic E-state index is 10.3. The van der Waals surface area contributed by atoms with Crippen LogP contribution in [-0.2, 0) is 0 Å². The molecule has 4 aromatic rings. The Balaban J connectivity index is 1.37. The summed E-state index contributed by atoms with van der Waals surface area (Å²) in [6.45, 7) is 0.377. The fourth-order valence-electron chi connectivity index (χ4n) is 3.27. The fraction of sp³-hybridized carbons (Fsp3) is 0.154. The van der Waals surface area contributed by atoms with Gasteiger partial charge in [-0.25, -0.2) is 0 Å². The summed E-state index contributed by atoms with van der Waals surface area (Å²) in [5.74, 6) is 1.40. The van der Waals surface area contributed by atoms with Gasteiger partial charge in [0, 0.05) is 0 Å². The highest BCUT2D eigenvalue weighted by Crippen LogP contribution is 2.26. The molecule has 0 heterocycles. The van der Waals surface area contributed by atoms with Crippen molar-refractivity contribution in [3.63, 3.8) is 0 Å². The molecule has 0 saturated carbocycles. The van der Waals surface area contributed by atoms with E-state index in [0.29, 0.717) is 11.5 Å². The van der Waals surface area contributed by atoms with Crippen molar-refractivity contribution in [2.24, 2.45) is 0 Å². The Morgan fingerprint density at radius 1 is 0.533 bits per heavy atom. The molecule has 2 unspecified atom stereocenters. The standard InChI is InChI=1S/C26H24O4/c27-25(19-7-3-1-4-8-19)17-29-23-13-11-22-16-24(14-12-21(22)15-23)30-18-26(28)20-9-5-2-6-10-20/h1-16,25-28H,17-18H2. The van der Waals surface area contributed by atoms with Crippen molar-refractivity contribution in [3.8, 4) is 11.5 Å². The van der Waals surface area contributed by atoms with Crippen molar-refractivity contribution in [1.82, 2.24) is 0 Å². The number of fused-ring (bicyclic) bond motifs is 1. The van der Waals surface area contributed by atoms with E-state index in [2.05, 4.69) is 0 Å². The molecule has 0 aromatic heterocycles. The van der Waals surface area contributed by atoms with Gasteiger partial charge >= 0.3 is 0 Å². The predicted molar refractivity (Wildman–Crippen MR) is 118 cm³/mol. The first-order valence-electron chi connectivity index (χ1n) is 9.94. The quantitative estimate of drug-likeness (QED) is 0.434. The van der Waals surface area contributed by atoms with Gasteiger partial charge in [0.05, 0.1) is 0 Å². The molecule has 0 fully saturated rings. The van der Waals surface area contributed by atoms with E-state index < -0.39 is 12.2 Å². The molecule has 30 heavy (non-hydrogen) atoms. The molecule has 0 aliphatic carbocycles. The van der Waals surface area contributed by atoms with Crippen LogP contribution >= 0.6 is 0 Å². The normalized spacial score (nSPS) is 13.0. The van der Waals surface area contributed by atoms with Gasteiger partial charge < -0.3 is 19.7 Å². The van der Waals surface area contributed by atoms with Gasteiger partial charge in [-0.05, 0) is 46.2 Å². The van der Waals surface area contributed by atoms with Crippen molar-refractivity contribution in [1.29, 1.82) is 0 Å². The Morgan fingerprint density at radius 2 is 0.933 bits per heavy atom. The highest BCUT2D eigenvalue weighted by molar-refractivity contribution is 5.85. The van der Waals surface area contributed by atoms with Crippen LogP contribution < -0.4 is 9.47 Å². The molecule has 4 rings (SSSR count). The monoisotopic (exact) mass is 400 g/mol. The Bertz CT molecular complexity index is 991. The summed E-state index contributed by atoms with van der Waals surface area (Å²) in [6, 6.07) is 30.5. The molecular formula is C26H24O4. The molecule has 0 saturated heterocycles. The zero-order valence-corrected chi connectivity index (χ0v) is 16.5. The number of benzene rings is 4. The van der Waals surface area contributed by atoms with Crippen LogP contribution in [0.2, 0.25) is 0 Å². The molecule has 4 nitrogen and oxygen atoms in total. The second kappa shape index (κ2) is 9.44. The summed E-state index contributed by atoms with van der Waals surface area (Å²) >= 11 is 0. The third-order valence-corrected chi connectivity index (χ3v) is 4.97. The van der Waals surface area contributed by atoms with Gasteiger partial charge in [0.1, 0.15) is 36.9 Å². The van der Waals surface area contributed by atoms with E-state index in [9.17, 15) is 10.2 Å². The van der Waals surface area contributed by atoms with Crippen LogP contribution in [0.3, 0.4) is 0 Å². The first-order chi connectivity index (χ1) is 14.7. The van der Waals surface area contributed by atoms with E-state index in [1.807, 2.05) is 97.1 Å². The van der Waals surface area contributed by atoms with Gasteiger partial charge in [0.2, 0.25) is 0 Å². The van der Waals surface area contributed by atoms with Crippen LogP contribution in [0.5, 0.6) is 11.5 Å². The lowest BCUT2D eigenvalue weighted by Gasteiger charge is -2.14. The smallest absolute Gasteiger partial charge is 0.120 e. The highest BCUT2D eigenvalue weighted by atomic mass is 16.5. The molecular weight excluding hydrogens is 376 g/mol. The van der Waals surface area contributed by atoms with E-state index in [1.54, 1.807) is 0 Å². The minimum Gasteiger partial charge on any atom is -0.491 e. The fourth-order valence-corrected chi connectivity index (χ4v) is 3.27. The van der Waals surface area contributed by atoms with Crippen molar-refractivity contribution < 1.29 is 19.7 Å². The summed E-state index contributed by atoms with van der Waals surface area (Å²) in [5.41, 5.74) is 1.66. The zero-order valence-electron chi connectivity index (χ0n) is 16.5. The van der Waals surface area contributed by atoms with Gasteiger partial charge in [-0.15, -0.1) is 0 Å². The lowest BCUT2D eigenvalue weighted by atomic mass is 10.1. The Morgan fingerprint density at radius 3 is 1.33 bits per heavy atom. The minimum absolute atomic E-state index is 0.189. The van der Waals surface area contributed by atoms with Crippen LogP contribution in [-0.4, -0.2) is 23.4 Å². The van der Waals surface area contributed by atoms with Crippen LogP contribution in [0.15, 0.2) is 97.1 Å². The minimum atomic E-state index is -0.672. The van der Waals surface area contributed by atoms with E-state index in [-0.39, 0.29) is 13.2 Å². The van der Waals surface area contributed by atoms with Gasteiger partial charge in [-0.3, -0.25) is 0 Å². The molecule has 0 bridgehead atoms. The first kappa shape index (κ1) is 20.0. The molecule has 0 spiro atoms. The SMILES string of the molecule is OC(COc1ccc2cc(OCC(O)c3ccccc3)ccc2c1)c1ccccc1. The van der Waals surface area contributed by atoms with Crippen molar-refractivity contribution in [2.45, 2.75) is 12.2 Å². The number of rotatable bonds is 8. The van der Waals surface area contributed by atoms with Crippen LogP contribution in [0, 0.1) is 0 Å². The van der Waals surface area contributed by atoms with Gasteiger partial charge in [0.15, 0.2) is 0 Å². The first-order valence-corrected chi connectivity index (χ1v) is 9.94. The van der Waals surface area contributed by atoms with E-state index >= 15 is 0 Å². The van der Waals surface area contributed by atoms with Crippen molar-refractivity contribution >= 4 is 10.8 Å². The molecule has 0 aliphatic heterocycles. The van der Waals surface area contributed by atoms with Crippen LogP contribution in [0.4, 0.5) is 0 Å². The van der Waals surface area contributed by atoms with Gasteiger partial charge in [-0.1, -0.05) is 72.8 Å². The number of aliphatic hydroxyl groups is 2. The van der Waals surface area contributed by atoms with Gasteiger partial charge in [0.25, 0.3) is 0 Å². The lowest BCUT2D eigenvalue weighted by molar-refractivity contribution is 0.108. The number of hydrogen-bond acceptors (Lipinski definition) is 4. The number of ether oxygens (including phenoxy) is 2. The molecule has 2 atom stereocenters. The van der Waals surface area contributed by atoms with Crippen molar-refractivity contribution in [2.75, 3.05) is 13.2 Å². The Labute approximate surface area is 176 Å². The topological polar surface area (TPSA) is 58.9 Å². The number of hydrogen-bond donors (Lipinski definition) is 2. The molecule has 152 valence electrons. The molecule has 2 N–H and O–H groups in total. The van der Waals surface area contributed by atoms with E-state index in [0.717, 1.165) is 21.9 Å².